The van der Waals surface area contributed by atoms with Gasteiger partial charge in [0.1, 0.15) is 12.2 Å². The third kappa shape index (κ3) is 4.70. The first-order valence-electron chi connectivity index (χ1n) is 6.21. The third-order valence-electron chi connectivity index (χ3n) is 2.99. The fourth-order valence-electron chi connectivity index (χ4n) is 1.94. The maximum atomic E-state index is 10.6. The van der Waals surface area contributed by atoms with Gasteiger partial charge in [0.05, 0.1) is 6.61 Å². The smallest absolute Gasteiger partial charge is 0.294 e. The van der Waals surface area contributed by atoms with Crippen molar-refractivity contribution in [2.75, 3.05) is 6.61 Å². The number of hydrogen-bond acceptors (Lipinski definition) is 5. The van der Waals surface area contributed by atoms with Crippen LogP contribution in [0.25, 0.3) is 0 Å². The SMILES string of the molecule is CCCCC(O[N+](=O)[O-])C1COC(C(Cl)(Cl)Cl)(C(Cl)(Cl)Cl)O1. The molecular weight excluding hydrogens is 427 g/mol. The van der Waals surface area contributed by atoms with Gasteiger partial charge in [-0.3, -0.25) is 0 Å². The molecular formula is C10H13Cl6NO5. The molecule has 0 spiro atoms. The fraction of sp³-hybridized carbons (Fsp3) is 1.00. The summed E-state index contributed by atoms with van der Waals surface area (Å²) in [4.78, 5) is 15.2. The maximum absolute atomic E-state index is 10.6. The number of rotatable bonds is 6. The summed E-state index contributed by atoms with van der Waals surface area (Å²) in [5.41, 5.74) is 0. The van der Waals surface area contributed by atoms with E-state index in [0.717, 1.165) is 6.42 Å². The second-order valence-corrected chi connectivity index (χ2v) is 9.15. The van der Waals surface area contributed by atoms with Gasteiger partial charge in [-0.15, -0.1) is 10.1 Å². The molecule has 6 nitrogen and oxygen atoms in total. The quantitative estimate of drug-likeness (QED) is 0.343. The molecule has 2 atom stereocenters. The van der Waals surface area contributed by atoms with Crippen LogP contribution in [0.3, 0.4) is 0 Å². The van der Waals surface area contributed by atoms with Gasteiger partial charge < -0.3 is 14.3 Å². The molecule has 22 heavy (non-hydrogen) atoms. The van der Waals surface area contributed by atoms with Crippen molar-refractivity contribution in [1.29, 1.82) is 0 Å². The van der Waals surface area contributed by atoms with Gasteiger partial charge in [0.15, 0.2) is 0 Å². The molecule has 1 aliphatic heterocycles. The number of alkyl halides is 6. The Morgan fingerprint density at radius 2 is 1.86 bits per heavy atom. The minimum Gasteiger partial charge on any atom is -0.340 e. The van der Waals surface area contributed by atoms with Crippen LogP contribution >= 0.6 is 69.6 Å². The van der Waals surface area contributed by atoms with E-state index in [2.05, 4.69) is 4.84 Å². The molecule has 1 heterocycles. The maximum Gasteiger partial charge on any atom is 0.294 e. The van der Waals surface area contributed by atoms with Crippen LogP contribution in [-0.2, 0) is 14.3 Å². The van der Waals surface area contributed by atoms with E-state index in [1.54, 1.807) is 0 Å². The lowest BCUT2D eigenvalue weighted by atomic mass is 10.1. The second-order valence-electron chi connectivity index (χ2n) is 4.59. The molecule has 1 fully saturated rings. The molecule has 0 amide bonds. The van der Waals surface area contributed by atoms with E-state index < -0.39 is 30.7 Å². The molecule has 1 rings (SSSR count). The minimum atomic E-state index is -2.24. The van der Waals surface area contributed by atoms with Crippen LogP contribution in [-0.4, -0.2) is 37.3 Å². The van der Waals surface area contributed by atoms with Crippen molar-refractivity contribution in [1.82, 2.24) is 0 Å². The first-order valence-corrected chi connectivity index (χ1v) is 8.47. The molecule has 0 radical (unpaired) electrons. The topological polar surface area (TPSA) is 70.8 Å². The molecule has 0 aromatic rings. The van der Waals surface area contributed by atoms with Crippen molar-refractivity contribution in [3.05, 3.63) is 10.1 Å². The van der Waals surface area contributed by atoms with Crippen molar-refractivity contribution in [3.8, 4) is 0 Å². The monoisotopic (exact) mass is 437 g/mol. The average Bonchev–Trinajstić information content (AvgIpc) is 2.79. The zero-order chi connectivity index (χ0) is 17.2. The van der Waals surface area contributed by atoms with Gasteiger partial charge in [-0.2, -0.15) is 0 Å². The Morgan fingerprint density at radius 3 is 2.23 bits per heavy atom. The Kier molecular flexibility index (Phi) is 7.44. The summed E-state index contributed by atoms with van der Waals surface area (Å²) in [6.45, 7) is 1.73. The summed E-state index contributed by atoms with van der Waals surface area (Å²) in [6, 6.07) is 0. The summed E-state index contributed by atoms with van der Waals surface area (Å²) >= 11 is 34.9. The summed E-state index contributed by atoms with van der Waals surface area (Å²) < 4.78 is 6.32. The molecule has 130 valence electrons. The zero-order valence-corrected chi connectivity index (χ0v) is 15.8. The molecule has 12 heteroatoms. The van der Waals surface area contributed by atoms with E-state index >= 15 is 0 Å². The van der Waals surface area contributed by atoms with Crippen LogP contribution in [0.4, 0.5) is 0 Å². The number of ether oxygens (including phenoxy) is 2. The van der Waals surface area contributed by atoms with Crippen LogP contribution in [0.1, 0.15) is 26.2 Å². The highest BCUT2D eigenvalue weighted by atomic mass is 35.6. The molecule has 0 aromatic heterocycles. The van der Waals surface area contributed by atoms with Gasteiger partial charge in [-0.05, 0) is 6.42 Å². The van der Waals surface area contributed by atoms with Gasteiger partial charge in [0, 0.05) is 0 Å². The van der Waals surface area contributed by atoms with Crippen molar-refractivity contribution < 1.29 is 19.4 Å². The van der Waals surface area contributed by atoms with Gasteiger partial charge in [0.2, 0.25) is 7.59 Å². The van der Waals surface area contributed by atoms with Gasteiger partial charge >= 0.3 is 0 Å². The van der Waals surface area contributed by atoms with E-state index in [1.165, 1.54) is 0 Å². The van der Waals surface area contributed by atoms with E-state index in [1.807, 2.05) is 6.92 Å². The predicted octanol–water partition coefficient (Wildman–Crippen LogP) is 4.61. The molecule has 0 bridgehead atoms. The van der Waals surface area contributed by atoms with Gasteiger partial charge in [0.25, 0.3) is 10.9 Å². The van der Waals surface area contributed by atoms with Crippen LogP contribution in [0, 0.1) is 10.1 Å². The highest BCUT2D eigenvalue weighted by Gasteiger charge is 2.68. The molecule has 1 aliphatic rings. The minimum absolute atomic E-state index is 0.190. The zero-order valence-electron chi connectivity index (χ0n) is 11.2. The van der Waals surface area contributed by atoms with Crippen molar-refractivity contribution in [3.63, 3.8) is 0 Å². The summed E-state index contributed by atoms with van der Waals surface area (Å²) in [6.07, 6.45) is -0.0703. The van der Waals surface area contributed by atoms with E-state index in [9.17, 15) is 10.1 Å². The molecule has 0 N–H and O–H groups in total. The largest absolute Gasteiger partial charge is 0.340 e. The molecule has 1 saturated heterocycles. The van der Waals surface area contributed by atoms with E-state index in [0.29, 0.717) is 12.8 Å². The summed E-state index contributed by atoms with van der Waals surface area (Å²) in [7, 11) is 0. The first kappa shape index (κ1) is 20.9. The lowest BCUT2D eigenvalue weighted by Crippen LogP contribution is -2.55. The molecule has 0 saturated carbocycles. The highest BCUT2D eigenvalue weighted by molar-refractivity contribution is 6.73. The third-order valence-corrected chi connectivity index (χ3v) is 4.49. The van der Waals surface area contributed by atoms with Gasteiger partial charge in [-0.25, -0.2) is 0 Å². The standard InChI is InChI=1S/C10H13Cl6NO5/c1-2-3-4-6(22-17(18)19)7-5-20-8(21-7,9(11,12)13)10(14,15)16/h6-7H,2-5H2,1H3. The Labute approximate surface area is 157 Å². The number of hydrogen-bond donors (Lipinski definition) is 0. The predicted molar refractivity (Wildman–Crippen MR) is 85.5 cm³/mol. The second kappa shape index (κ2) is 7.83. The Bertz CT molecular complexity index is 384. The first-order chi connectivity index (χ1) is 9.94. The summed E-state index contributed by atoms with van der Waals surface area (Å²) in [5, 5.41) is 9.69. The van der Waals surface area contributed by atoms with Crippen LogP contribution < -0.4 is 0 Å². The molecule has 0 aliphatic carbocycles. The van der Waals surface area contributed by atoms with Crippen molar-refractivity contribution >= 4 is 69.6 Å². The number of halogens is 6. The lowest BCUT2D eigenvalue weighted by Gasteiger charge is -2.39. The highest BCUT2D eigenvalue weighted by Crippen LogP contribution is 2.57. The van der Waals surface area contributed by atoms with Crippen LogP contribution in [0.15, 0.2) is 0 Å². The normalized spacial score (nSPS) is 23.3. The molecule has 0 aromatic carbocycles. The number of unbranched alkanes of at least 4 members (excludes halogenated alkanes) is 1. The van der Waals surface area contributed by atoms with Crippen LogP contribution in [0.5, 0.6) is 0 Å². The fourth-order valence-corrected chi connectivity index (χ4v) is 3.82. The number of nitrogens with zero attached hydrogens (tertiary/aromatic N) is 1. The van der Waals surface area contributed by atoms with Crippen molar-refractivity contribution in [2.24, 2.45) is 0 Å². The van der Waals surface area contributed by atoms with E-state index in [4.69, 9.17) is 79.1 Å². The summed E-state index contributed by atoms with van der Waals surface area (Å²) in [5.74, 6) is -2.20. The average molecular weight is 440 g/mol. The Balaban J connectivity index is 2.97. The van der Waals surface area contributed by atoms with Crippen LogP contribution in [0.2, 0.25) is 0 Å². The van der Waals surface area contributed by atoms with Crippen molar-refractivity contribution in [2.45, 2.75) is 51.8 Å². The lowest BCUT2D eigenvalue weighted by molar-refractivity contribution is -0.770. The molecule has 2 unspecified atom stereocenters. The Morgan fingerprint density at radius 1 is 1.32 bits per heavy atom. The van der Waals surface area contributed by atoms with Gasteiger partial charge in [-0.1, -0.05) is 89.4 Å². The van der Waals surface area contributed by atoms with E-state index in [-0.39, 0.29) is 6.61 Å². The Hall–Kier alpha value is 0.860.